The molecule has 0 amide bonds. The topological polar surface area (TPSA) is 102 Å². The zero-order valence-corrected chi connectivity index (χ0v) is 10.7. The van der Waals surface area contributed by atoms with Crippen LogP contribution in [0.4, 0.5) is 0 Å². The number of hydrogen-bond donors (Lipinski definition) is 2. The summed E-state index contributed by atoms with van der Waals surface area (Å²) >= 11 is 0. The Morgan fingerprint density at radius 1 is 0.947 bits per heavy atom. The summed E-state index contributed by atoms with van der Waals surface area (Å²) < 4.78 is 15.1. The third kappa shape index (κ3) is 2.87. The Balaban J connectivity index is 3.44. The van der Waals surface area contributed by atoms with Crippen LogP contribution in [0.3, 0.4) is 0 Å². The number of carboxylic acid groups (broad SMARTS) is 2. The first-order chi connectivity index (χ1) is 8.96. The fourth-order valence-electron chi connectivity index (χ4n) is 1.66. The van der Waals surface area contributed by atoms with E-state index < -0.39 is 17.9 Å². The zero-order valence-electron chi connectivity index (χ0n) is 10.7. The molecule has 0 aliphatic rings. The third-order valence-electron chi connectivity index (χ3n) is 2.51. The van der Waals surface area contributed by atoms with Crippen LogP contribution in [0, 0.1) is 0 Å². The molecule has 7 heteroatoms. The highest BCUT2D eigenvalue weighted by Gasteiger charge is 2.30. The van der Waals surface area contributed by atoms with Crippen LogP contribution in [-0.2, 0) is 9.59 Å². The predicted octanol–water partition coefficient (Wildman–Crippen LogP) is 0.965. The number of ether oxygens (including phenoxy) is 3. The van der Waals surface area contributed by atoms with E-state index in [0.717, 1.165) is 0 Å². The molecule has 0 radical (unpaired) electrons. The number of hydrogen-bond acceptors (Lipinski definition) is 5. The number of carbonyl (C=O) groups is 2. The van der Waals surface area contributed by atoms with E-state index in [1.54, 1.807) is 0 Å². The molecule has 1 rings (SSSR count). The van der Waals surface area contributed by atoms with Gasteiger partial charge >= 0.3 is 11.9 Å². The molecule has 19 heavy (non-hydrogen) atoms. The summed E-state index contributed by atoms with van der Waals surface area (Å²) in [6.07, 6.45) is 0. The molecule has 1 aromatic rings. The van der Waals surface area contributed by atoms with Crippen LogP contribution in [-0.4, -0.2) is 43.5 Å². The molecule has 0 aromatic heterocycles. The number of methoxy groups -OCH3 is 3. The van der Waals surface area contributed by atoms with Crippen LogP contribution in [0.5, 0.6) is 17.2 Å². The smallest absolute Gasteiger partial charge is 0.322 e. The van der Waals surface area contributed by atoms with Gasteiger partial charge in [-0.05, 0) is 17.7 Å². The highest BCUT2D eigenvalue weighted by molar-refractivity contribution is 5.99. The van der Waals surface area contributed by atoms with Crippen molar-refractivity contribution in [2.75, 3.05) is 21.3 Å². The van der Waals surface area contributed by atoms with Crippen molar-refractivity contribution in [2.24, 2.45) is 0 Å². The van der Waals surface area contributed by atoms with Crippen molar-refractivity contribution in [2.45, 2.75) is 5.92 Å². The quantitative estimate of drug-likeness (QED) is 0.742. The van der Waals surface area contributed by atoms with E-state index in [2.05, 4.69) is 0 Å². The van der Waals surface area contributed by atoms with Crippen LogP contribution in [0.15, 0.2) is 12.1 Å². The first kappa shape index (κ1) is 14.6. The molecule has 0 unspecified atom stereocenters. The summed E-state index contributed by atoms with van der Waals surface area (Å²) in [4.78, 5) is 22.0. The van der Waals surface area contributed by atoms with Crippen LogP contribution in [0.1, 0.15) is 11.5 Å². The summed E-state index contributed by atoms with van der Waals surface area (Å²) in [6, 6.07) is 2.60. The summed E-state index contributed by atoms with van der Waals surface area (Å²) in [6.45, 7) is 0. The lowest BCUT2D eigenvalue weighted by Crippen LogP contribution is -2.21. The van der Waals surface area contributed by atoms with E-state index in [1.165, 1.54) is 33.5 Å². The van der Waals surface area contributed by atoms with Gasteiger partial charge in [-0.2, -0.15) is 0 Å². The van der Waals surface area contributed by atoms with Crippen LogP contribution in [0.25, 0.3) is 0 Å². The third-order valence-corrected chi connectivity index (χ3v) is 2.51. The molecule has 0 aliphatic heterocycles. The van der Waals surface area contributed by atoms with Crippen LogP contribution < -0.4 is 14.2 Å². The molecular formula is C12H14O7. The molecule has 1 aromatic carbocycles. The SMILES string of the molecule is COc1cc(C(C(=O)O)C(=O)O)cc(OC)c1OC. The molecule has 7 nitrogen and oxygen atoms in total. The standard InChI is InChI=1S/C12H14O7/c1-17-7-4-6(9(11(13)14)12(15)16)5-8(18-2)10(7)19-3/h4-5,9H,1-3H3,(H,13,14)(H,15,16). The van der Waals surface area contributed by atoms with Crippen molar-refractivity contribution in [3.8, 4) is 17.2 Å². The van der Waals surface area contributed by atoms with Gasteiger partial charge in [-0.1, -0.05) is 0 Å². The minimum Gasteiger partial charge on any atom is -0.493 e. The Hall–Kier alpha value is -2.44. The lowest BCUT2D eigenvalue weighted by molar-refractivity contribution is -0.150. The molecule has 0 heterocycles. The maximum absolute atomic E-state index is 11.0. The predicted molar refractivity (Wildman–Crippen MR) is 64.1 cm³/mol. The van der Waals surface area contributed by atoms with Gasteiger partial charge in [0.15, 0.2) is 17.4 Å². The van der Waals surface area contributed by atoms with E-state index in [-0.39, 0.29) is 22.8 Å². The van der Waals surface area contributed by atoms with Crippen LogP contribution >= 0.6 is 0 Å². The van der Waals surface area contributed by atoms with Crippen molar-refractivity contribution in [1.82, 2.24) is 0 Å². The van der Waals surface area contributed by atoms with Gasteiger partial charge in [0.25, 0.3) is 0 Å². The van der Waals surface area contributed by atoms with E-state index >= 15 is 0 Å². The van der Waals surface area contributed by atoms with Crippen molar-refractivity contribution >= 4 is 11.9 Å². The average Bonchev–Trinajstić information content (AvgIpc) is 2.36. The van der Waals surface area contributed by atoms with Crippen molar-refractivity contribution < 1.29 is 34.0 Å². The Morgan fingerprint density at radius 3 is 1.63 bits per heavy atom. The van der Waals surface area contributed by atoms with Gasteiger partial charge in [0.05, 0.1) is 21.3 Å². The van der Waals surface area contributed by atoms with Crippen molar-refractivity contribution in [3.05, 3.63) is 17.7 Å². The second-order valence-corrected chi connectivity index (χ2v) is 3.57. The van der Waals surface area contributed by atoms with E-state index in [1.807, 2.05) is 0 Å². The first-order valence-electron chi connectivity index (χ1n) is 5.21. The molecule has 104 valence electrons. The molecule has 2 N–H and O–H groups in total. The molecule has 0 bridgehead atoms. The van der Waals surface area contributed by atoms with Gasteiger partial charge in [-0.3, -0.25) is 9.59 Å². The highest BCUT2D eigenvalue weighted by atomic mass is 16.5. The van der Waals surface area contributed by atoms with E-state index in [4.69, 9.17) is 24.4 Å². The Kier molecular flexibility index (Phi) is 4.57. The average molecular weight is 270 g/mol. The van der Waals surface area contributed by atoms with E-state index in [9.17, 15) is 9.59 Å². The summed E-state index contributed by atoms with van der Waals surface area (Å²) in [5.41, 5.74) is 0.0366. The second-order valence-electron chi connectivity index (χ2n) is 3.57. The first-order valence-corrected chi connectivity index (χ1v) is 5.21. The highest BCUT2D eigenvalue weighted by Crippen LogP contribution is 2.40. The minimum absolute atomic E-state index is 0.0366. The van der Waals surface area contributed by atoms with Gasteiger partial charge in [0, 0.05) is 0 Å². The van der Waals surface area contributed by atoms with Gasteiger partial charge in [-0.15, -0.1) is 0 Å². The Bertz CT molecular complexity index is 456. The Labute approximate surface area is 109 Å². The summed E-state index contributed by atoms with van der Waals surface area (Å²) in [7, 11) is 4.11. The van der Waals surface area contributed by atoms with Crippen molar-refractivity contribution in [1.29, 1.82) is 0 Å². The molecule has 0 aliphatic carbocycles. The van der Waals surface area contributed by atoms with Gasteiger partial charge in [0.2, 0.25) is 5.75 Å². The molecular weight excluding hydrogens is 256 g/mol. The Morgan fingerprint density at radius 2 is 1.37 bits per heavy atom. The lowest BCUT2D eigenvalue weighted by Gasteiger charge is -2.15. The largest absolute Gasteiger partial charge is 0.493 e. The fourth-order valence-corrected chi connectivity index (χ4v) is 1.66. The molecule has 0 saturated carbocycles. The summed E-state index contributed by atoms with van der Waals surface area (Å²) in [5.74, 6) is -3.98. The minimum atomic E-state index is -1.70. The zero-order chi connectivity index (χ0) is 14.6. The monoisotopic (exact) mass is 270 g/mol. The number of aliphatic carboxylic acids is 2. The number of benzene rings is 1. The van der Waals surface area contributed by atoms with Gasteiger partial charge < -0.3 is 24.4 Å². The van der Waals surface area contributed by atoms with Gasteiger partial charge in [0.1, 0.15) is 0 Å². The van der Waals surface area contributed by atoms with E-state index in [0.29, 0.717) is 0 Å². The summed E-state index contributed by atoms with van der Waals surface area (Å²) in [5, 5.41) is 17.9. The van der Waals surface area contributed by atoms with Crippen LogP contribution in [0.2, 0.25) is 0 Å². The fraction of sp³-hybridized carbons (Fsp3) is 0.333. The number of carboxylic acids is 2. The molecule has 0 saturated heterocycles. The molecule has 0 spiro atoms. The molecule has 0 atom stereocenters. The van der Waals surface area contributed by atoms with Gasteiger partial charge in [-0.25, -0.2) is 0 Å². The normalized spacial score (nSPS) is 10.1. The maximum atomic E-state index is 11.0. The molecule has 0 fully saturated rings. The van der Waals surface area contributed by atoms with Crippen molar-refractivity contribution in [3.63, 3.8) is 0 Å². The lowest BCUT2D eigenvalue weighted by atomic mass is 9.98. The second kappa shape index (κ2) is 5.94. The number of rotatable bonds is 6. The maximum Gasteiger partial charge on any atom is 0.322 e.